The molecule has 1 N–H and O–H groups in total. The van der Waals surface area contributed by atoms with Gasteiger partial charge in [0.2, 0.25) is 11.8 Å². The molecule has 1 atom stereocenters. The van der Waals surface area contributed by atoms with Crippen LogP contribution in [0.15, 0.2) is 24.3 Å². The van der Waals surface area contributed by atoms with Gasteiger partial charge in [-0.3, -0.25) is 9.59 Å². The second-order valence-electron chi connectivity index (χ2n) is 6.45. The van der Waals surface area contributed by atoms with Gasteiger partial charge in [0.15, 0.2) is 0 Å². The Bertz CT molecular complexity index is 657. The van der Waals surface area contributed by atoms with E-state index in [9.17, 15) is 22.8 Å². The molecule has 1 aromatic carbocycles. The standard InChI is InChI=1S/C17H19F3N2O3/c18-17(19,20)25-14-7-3-4-12(9-14)21-16(24)11-8-15(23)22(10-11)13-5-1-2-6-13/h3-4,7,9,11,13H,1-2,5-6,8,10H2,(H,21,24). The fourth-order valence-corrected chi connectivity index (χ4v) is 3.49. The van der Waals surface area contributed by atoms with Gasteiger partial charge in [-0.25, -0.2) is 0 Å². The molecule has 2 amide bonds. The molecule has 2 aliphatic rings. The van der Waals surface area contributed by atoms with E-state index in [0.29, 0.717) is 6.54 Å². The zero-order valence-corrected chi connectivity index (χ0v) is 13.5. The quantitative estimate of drug-likeness (QED) is 0.900. The molecule has 1 heterocycles. The van der Waals surface area contributed by atoms with Crippen molar-refractivity contribution in [2.45, 2.75) is 44.5 Å². The summed E-state index contributed by atoms with van der Waals surface area (Å²) in [5.74, 6) is -1.28. The van der Waals surface area contributed by atoms with Crippen molar-refractivity contribution in [3.8, 4) is 5.75 Å². The number of nitrogens with zero attached hydrogens (tertiary/aromatic N) is 1. The maximum Gasteiger partial charge on any atom is 0.573 e. The number of carbonyl (C=O) groups is 2. The lowest BCUT2D eigenvalue weighted by Gasteiger charge is -2.23. The number of anilines is 1. The topological polar surface area (TPSA) is 58.6 Å². The molecule has 8 heteroatoms. The number of benzene rings is 1. The summed E-state index contributed by atoms with van der Waals surface area (Å²) in [5, 5.41) is 2.58. The molecule has 25 heavy (non-hydrogen) atoms. The molecule has 136 valence electrons. The molecule has 1 unspecified atom stereocenters. The zero-order valence-electron chi connectivity index (χ0n) is 13.5. The lowest BCUT2D eigenvalue weighted by molar-refractivity contribution is -0.274. The van der Waals surface area contributed by atoms with Crippen LogP contribution in [-0.4, -0.2) is 35.7 Å². The van der Waals surface area contributed by atoms with Crippen LogP contribution in [0, 0.1) is 5.92 Å². The monoisotopic (exact) mass is 356 g/mol. The van der Waals surface area contributed by atoms with Crippen LogP contribution in [0.4, 0.5) is 18.9 Å². The minimum Gasteiger partial charge on any atom is -0.406 e. The maximum absolute atomic E-state index is 12.4. The fourth-order valence-electron chi connectivity index (χ4n) is 3.49. The van der Waals surface area contributed by atoms with Crippen molar-refractivity contribution in [3.05, 3.63) is 24.3 Å². The Morgan fingerprint density at radius 3 is 2.64 bits per heavy atom. The first-order valence-electron chi connectivity index (χ1n) is 8.28. The van der Waals surface area contributed by atoms with Crippen LogP contribution in [-0.2, 0) is 9.59 Å². The Morgan fingerprint density at radius 1 is 1.24 bits per heavy atom. The molecule has 0 radical (unpaired) electrons. The highest BCUT2D eigenvalue weighted by Gasteiger charge is 2.38. The van der Waals surface area contributed by atoms with Crippen molar-refractivity contribution < 1.29 is 27.5 Å². The Kier molecular flexibility index (Phi) is 4.87. The van der Waals surface area contributed by atoms with Gasteiger partial charge < -0.3 is 15.0 Å². The van der Waals surface area contributed by atoms with E-state index in [1.807, 2.05) is 0 Å². The van der Waals surface area contributed by atoms with Crippen LogP contribution in [0.1, 0.15) is 32.1 Å². The minimum absolute atomic E-state index is 0.0267. The molecule has 2 fully saturated rings. The number of carbonyl (C=O) groups excluding carboxylic acids is 2. The van der Waals surface area contributed by atoms with Gasteiger partial charge in [0, 0.05) is 30.8 Å². The zero-order chi connectivity index (χ0) is 18.0. The number of likely N-dealkylation sites (tertiary alicyclic amines) is 1. The van der Waals surface area contributed by atoms with E-state index in [2.05, 4.69) is 10.1 Å². The normalized spacial score (nSPS) is 21.6. The first-order chi connectivity index (χ1) is 11.8. The summed E-state index contributed by atoms with van der Waals surface area (Å²) >= 11 is 0. The Labute approximate surface area is 143 Å². The summed E-state index contributed by atoms with van der Waals surface area (Å²) in [6.07, 6.45) is -0.522. The number of hydrogen-bond donors (Lipinski definition) is 1. The maximum atomic E-state index is 12.4. The van der Waals surface area contributed by atoms with Gasteiger partial charge in [0.1, 0.15) is 5.75 Å². The molecule has 3 rings (SSSR count). The Balaban J connectivity index is 1.61. The highest BCUT2D eigenvalue weighted by Crippen LogP contribution is 2.30. The molecular formula is C17H19F3N2O3. The van der Waals surface area contributed by atoms with Crippen molar-refractivity contribution in [1.29, 1.82) is 0 Å². The molecule has 1 saturated heterocycles. The molecule has 0 spiro atoms. The van der Waals surface area contributed by atoms with E-state index in [-0.39, 0.29) is 30.0 Å². The van der Waals surface area contributed by atoms with Gasteiger partial charge in [0.05, 0.1) is 5.92 Å². The summed E-state index contributed by atoms with van der Waals surface area (Å²) in [4.78, 5) is 26.3. The number of ether oxygens (including phenoxy) is 1. The second-order valence-corrected chi connectivity index (χ2v) is 6.45. The predicted molar refractivity (Wildman–Crippen MR) is 83.8 cm³/mol. The van der Waals surface area contributed by atoms with Crippen LogP contribution in [0.3, 0.4) is 0 Å². The van der Waals surface area contributed by atoms with Crippen LogP contribution in [0.5, 0.6) is 5.75 Å². The predicted octanol–water partition coefficient (Wildman–Crippen LogP) is 3.31. The van der Waals surface area contributed by atoms with Gasteiger partial charge in [0.25, 0.3) is 0 Å². The Morgan fingerprint density at radius 2 is 1.96 bits per heavy atom. The summed E-state index contributed by atoms with van der Waals surface area (Å²) in [6, 6.07) is 5.32. The molecule has 1 aromatic rings. The van der Waals surface area contributed by atoms with Gasteiger partial charge in [-0.15, -0.1) is 13.2 Å². The van der Waals surface area contributed by atoms with E-state index >= 15 is 0 Å². The number of amides is 2. The summed E-state index contributed by atoms with van der Waals surface area (Å²) in [6.45, 7) is 0.369. The first-order valence-corrected chi connectivity index (χ1v) is 8.28. The molecule has 1 saturated carbocycles. The average molecular weight is 356 g/mol. The molecule has 1 aliphatic carbocycles. The van der Waals surface area contributed by atoms with Crippen LogP contribution in [0.25, 0.3) is 0 Å². The fraction of sp³-hybridized carbons (Fsp3) is 0.529. The second kappa shape index (κ2) is 6.93. The van der Waals surface area contributed by atoms with E-state index in [1.165, 1.54) is 12.1 Å². The van der Waals surface area contributed by atoms with E-state index < -0.39 is 18.0 Å². The van der Waals surface area contributed by atoms with Gasteiger partial charge in [-0.2, -0.15) is 0 Å². The third-order valence-corrected chi connectivity index (χ3v) is 4.63. The first kappa shape index (κ1) is 17.6. The van der Waals surface area contributed by atoms with Crippen molar-refractivity contribution in [3.63, 3.8) is 0 Å². The van der Waals surface area contributed by atoms with Crippen molar-refractivity contribution >= 4 is 17.5 Å². The van der Waals surface area contributed by atoms with Crippen molar-refractivity contribution in [2.24, 2.45) is 5.92 Å². The molecule has 1 aliphatic heterocycles. The third-order valence-electron chi connectivity index (χ3n) is 4.63. The SMILES string of the molecule is O=C(Nc1cccc(OC(F)(F)F)c1)C1CC(=O)N(C2CCCC2)C1. The molecule has 0 bridgehead atoms. The van der Waals surface area contributed by atoms with Crippen LogP contribution < -0.4 is 10.1 Å². The van der Waals surface area contributed by atoms with Crippen LogP contribution >= 0.6 is 0 Å². The average Bonchev–Trinajstić information content (AvgIpc) is 3.14. The Hall–Kier alpha value is -2.25. The third kappa shape index (κ3) is 4.43. The number of alkyl halides is 3. The van der Waals surface area contributed by atoms with Crippen molar-refractivity contribution in [1.82, 2.24) is 4.90 Å². The van der Waals surface area contributed by atoms with E-state index in [4.69, 9.17) is 0 Å². The highest BCUT2D eigenvalue weighted by atomic mass is 19.4. The number of hydrogen-bond acceptors (Lipinski definition) is 3. The lowest BCUT2D eigenvalue weighted by Crippen LogP contribution is -2.35. The summed E-state index contributed by atoms with van der Waals surface area (Å²) < 4.78 is 40.6. The minimum atomic E-state index is -4.79. The highest BCUT2D eigenvalue weighted by molar-refractivity contribution is 5.97. The van der Waals surface area contributed by atoms with Gasteiger partial charge in [-0.1, -0.05) is 18.9 Å². The van der Waals surface area contributed by atoms with E-state index in [1.54, 1.807) is 4.90 Å². The van der Waals surface area contributed by atoms with Gasteiger partial charge >= 0.3 is 6.36 Å². The summed E-state index contributed by atoms with van der Waals surface area (Å²) in [5.41, 5.74) is 0.207. The van der Waals surface area contributed by atoms with Gasteiger partial charge in [-0.05, 0) is 25.0 Å². The largest absolute Gasteiger partial charge is 0.573 e. The van der Waals surface area contributed by atoms with E-state index in [0.717, 1.165) is 37.8 Å². The van der Waals surface area contributed by atoms with Crippen LogP contribution in [0.2, 0.25) is 0 Å². The molecule has 0 aromatic heterocycles. The van der Waals surface area contributed by atoms with Crippen molar-refractivity contribution in [2.75, 3.05) is 11.9 Å². The lowest BCUT2D eigenvalue weighted by atomic mass is 10.1. The summed E-state index contributed by atoms with van der Waals surface area (Å²) in [7, 11) is 0. The molecular weight excluding hydrogens is 337 g/mol. The number of nitrogens with one attached hydrogen (secondary N) is 1. The molecule has 5 nitrogen and oxygen atoms in total. The number of rotatable bonds is 4. The number of halogens is 3. The smallest absolute Gasteiger partial charge is 0.406 e.